The van der Waals surface area contributed by atoms with Gasteiger partial charge in [-0.15, -0.1) is 0 Å². The summed E-state index contributed by atoms with van der Waals surface area (Å²) in [4.78, 5) is 27.0. The van der Waals surface area contributed by atoms with Gasteiger partial charge in [0.15, 0.2) is 0 Å². The number of rotatable bonds is 4. The number of aliphatic hydroxyl groups excluding tert-OH is 1. The first-order valence-corrected chi connectivity index (χ1v) is 9.64. The fourth-order valence-electron chi connectivity index (χ4n) is 3.40. The number of ketones is 1. The predicted molar refractivity (Wildman–Crippen MR) is 109 cm³/mol. The molecule has 0 aliphatic carbocycles. The number of furan rings is 1. The van der Waals surface area contributed by atoms with Crippen molar-refractivity contribution in [3.8, 4) is 0 Å². The highest BCUT2D eigenvalue weighted by atomic mass is 35.5. The molecular formula is C22H14Cl2FNO4. The Hall–Kier alpha value is -3.09. The maximum atomic E-state index is 13.5. The Morgan fingerprint density at radius 1 is 1.07 bits per heavy atom. The third-order valence-corrected chi connectivity index (χ3v) is 5.56. The van der Waals surface area contributed by atoms with Gasteiger partial charge in [0.2, 0.25) is 0 Å². The molecule has 1 atom stereocenters. The number of benzene rings is 2. The summed E-state index contributed by atoms with van der Waals surface area (Å²) in [5.74, 6) is -2.07. The highest BCUT2D eigenvalue weighted by Crippen LogP contribution is 2.41. The molecule has 1 fully saturated rings. The summed E-state index contributed by atoms with van der Waals surface area (Å²) in [6.07, 6.45) is 1.45. The lowest BCUT2D eigenvalue weighted by atomic mass is 9.95. The van der Waals surface area contributed by atoms with E-state index >= 15 is 0 Å². The van der Waals surface area contributed by atoms with E-state index < -0.39 is 29.3 Å². The average molecular weight is 446 g/mol. The van der Waals surface area contributed by atoms with Crippen molar-refractivity contribution >= 4 is 40.7 Å². The van der Waals surface area contributed by atoms with Crippen LogP contribution in [0.2, 0.25) is 10.0 Å². The van der Waals surface area contributed by atoms with Crippen LogP contribution in [0.3, 0.4) is 0 Å². The van der Waals surface area contributed by atoms with Gasteiger partial charge in [0, 0.05) is 5.56 Å². The zero-order valence-electron chi connectivity index (χ0n) is 15.3. The molecule has 0 radical (unpaired) electrons. The van der Waals surface area contributed by atoms with Crippen LogP contribution < -0.4 is 0 Å². The molecule has 0 saturated carbocycles. The molecule has 2 aromatic carbocycles. The third-order valence-electron chi connectivity index (χ3n) is 4.83. The lowest BCUT2D eigenvalue weighted by molar-refractivity contribution is -0.140. The molecule has 1 aliphatic heterocycles. The van der Waals surface area contributed by atoms with Crippen molar-refractivity contribution in [1.82, 2.24) is 4.90 Å². The number of halogens is 3. The van der Waals surface area contributed by atoms with E-state index in [1.54, 1.807) is 12.1 Å². The van der Waals surface area contributed by atoms with Crippen LogP contribution in [-0.2, 0) is 16.1 Å². The standard InChI is InChI=1S/C22H14Cl2FNO4/c23-16-8-5-13(10-17(16)24)20(27)18-19(12-3-6-14(25)7-4-12)26(22(29)21(18)28)11-15-2-1-9-30-15/h1-10,19,27H,11H2/b20-18-. The van der Waals surface area contributed by atoms with Crippen molar-refractivity contribution in [2.75, 3.05) is 0 Å². The highest BCUT2D eigenvalue weighted by molar-refractivity contribution is 6.46. The Morgan fingerprint density at radius 2 is 1.80 bits per heavy atom. The van der Waals surface area contributed by atoms with Crippen LogP contribution in [0.1, 0.15) is 22.9 Å². The first kappa shape index (κ1) is 20.2. The molecule has 1 aromatic heterocycles. The molecule has 30 heavy (non-hydrogen) atoms. The largest absolute Gasteiger partial charge is 0.507 e. The molecule has 1 saturated heterocycles. The van der Waals surface area contributed by atoms with Crippen molar-refractivity contribution in [3.63, 3.8) is 0 Å². The number of carbonyl (C=O) groups is 2. The van der Waals surface area contributed by atoms with Crippen LogP contribution in [0.15, 0.2) is 70.9 Å². The maximum Gasteiger partial charge on any atom is 0.296 e. The summed E-state index contributed by atoms with van der Waals surface area (Å²) in [5.41, 5.74) is 0.563. The van der Waals surface area contributed by atoms with Gasteiger partial charge in [0.25, 0.3) is 11.7 Å². The Balaban J connectivity index is 1.87. The van der Waals surface area contributed by atoms with Crippen molar-refractivity contribution < 1.29 is 23.5 Å². The Bertz CT molecular complexity index is 1160. The number of amides is 1. The molecule has 0 spiro atoms. The normalized spacial score (nSPS) is 18.2. The highest BCUT2D eigenvalue weighted by Gasteiger charge is 2.46. The molecule has 5 nitrogen and oxygen atoms in total. The summed E-state index contributed by atoms with van der Waals surface area (Å²) in [7, 11) is 0. The van der Waals surface area contributed by atoms with Crippen LogP contribution in [0.25, 0.3) is 5.76 Å². The predicted octanol–water partition coefficient (Wildman–Crippen LogP) is 5.35. The smallest absolute Gasteiger partial charge is 0.296 e. The molecule has 4 rings (SSSR count). The molecule has 1 amide bonds. The van der Waals surface area contributed by atoms with Crippen LogP contribution in [0.5, 0.6) is 0 Å². The van der Waals surface area contributed by atoms with Crippen molar-refractivity contribution in [3.05, 3.63) is 99.2 Å². The van der Waals surface area contributed by atoms with Crippen molar-refractivity contribution in [1.29, 1.82) is 0 Å². The van der Waals surface area contributed by atoms with E-state index in [-0.39, 0.29) is 27.7 Å². The fourth-order valence-corrected chi connectivity index (χ4v) is 3.70. The molecule has 1 aliphatic rings. The number of carbonyl (C=O) groups excluding carboxylic acids is 2. The SMILES string of the molecule is O=C1C(=O)N(Cc2ccco2)C(c2ccc(F)cc2)/C1=C(/O)c1ccc(Cl)c(Cl)c1. The second-order valence-corrected chi connectivity index (χ2v) is 7.50. The van der Waals surface area contributed by atoms with Gasteiger partial charge in [-0.05, 0) is 48.0 Å². The summed E-state index contributed by atoms with van der Waals surface area (Å²) in [6.45, 7) is -0.00221. The summed E-state index contributed by atoms with van der Waals surface area (Å²) < 4.78 is 18.8. The van der Waals surface area contributed by atoms with Crippen LogP contribution in [-0.4, -0.2) is 21.7 Å². The minimum Gasteiger partial charge on any atom is -0.507 e. The van der Waals surface area contributed by atoms with Gasteiger partial charge in [-0.1, -0.05) is 35.3 Å². The molecule has 152 valence electrons. The number of hydrogen-bond acceptors (Lipinski definition) is 4. The summed E-state index contributed by atoms with van der Waals surface area (Å²) in [5, 5.41) is 11.4. The van der Waals surface area contributed by atoms with Gasteiger partial charge in [-0.25, -0.2) is 4.39 Å². The van der Waals surface area contributed by atoms with E-state index in [9.17, 15) is 19.1 Å². The Morgan fingerprint density at radius 3 is 2.43 bits per heavy atom. The zero-order chi connectivity index (χ0) is 21.4. The van der Waals surface area contributed by atoms with Gasteiger partial charge in [0.05, 0.1) is 34.5 Å². The second kappa shape index (κ2) is 7.97. The van der Waals surface area contributed by atoms with Crippen molar-refractivity contribution in [2.24, 2.45) is 0 Å². The topological polar surface area (TPSA) is 70.8 Å². The molecule has 8 heteroatoms. The van der Waals surface area contributed by atoms with E-state index in [1.807, 2.05) is 0 Å². The van der Waals surface area contributed by atoms with Gasteiger partial charge in [0.1, 0.15) is 17.3 Å². The molecule has 1 unspecified atom stereocenters. The average Bonchev–Trinajstić information content (AvgIpc) is 3.33. The van der Waals surface area contributed by atoms with Gasteiger partial charge >= 0.3 is 0 Å². The molecule has 0 bridgehead atoms. The molecule has 2 heterocycles. The number of likely N-dealkylation sites (tertiary alicyclic amines) is 1. The van der Waals surface area contributed by atoms with Crippen molar-refractivity contribution in [2.45, 2.75) is 12.6 Å². The van der Waals surface area contributed by atoms with Crippen LogP contribution in [0.4, 0.5) is 4.39 Å². The number of Topliss-reactive ketones (excluding diaryl/α,β-unsaturated/α-hetero) is 1. The quantitative estimate of drug-likeness (QED) is 0.333. The summed E-state index contributed by atoms with van der Waals surface area (Å²) in [6, 6.07) is 12.1. The lowest BCUT2D eigenvalue weighted by Gasteiger charge is -2.24. The fraction of sp³-hybridized carbons (Fsp3) is 0.0909. The lowest BCUT2D eigenvalue weighted by Crippen LogP contribution is -2.29. The maximum absolute atomic E-state index is 13.5. The monoisotopic (exact) mass is 445 g/mol. The van der Waals surface area contributed by atoms with E-state index in [1.165, 1.54) is 53.6 Å². The molecular weight excluding hydrogens is 432 g/mol. The third kappa shape index (κ3) is 3.60. The zero-order valence-corrected chi connectivity index (χ0v) is 16.8. The first-order valence-electron chi connectivity index (χ1n) is 8.88. The number of hydrogen-bond donors (Lipinski definition) is 1. The van der Waals surface area contributed by atoms with Gasteiger partial charge in [-0.3, -0.25) is 9.59 Å². The first-order chi connectivity index (χ1) is 14.4. The van der Waals surface area contributed by atoms with Crippen LogP contribution >= 0.6 is 23.2 Å². The van der Waals surface area contributed by atoms with Gasteiger partial charge in [-0.2, -0.15) is 0 Å². The van der Waals surface area contributed by atoms with E-state index in [0.29, 0.717) is 11.3 Å². The number of nitrogens with zero attached hydrogens (tertiary/aromatic N) is 1. The summed E-state index contributed by atoms with van der Waals surface area (Å²) >= 11 is 12.0. The Labute approximate surface area is 180 Å². The second-order valence-electron chi connectivity index (χ2n) is 6.69. The van der Waals surface area contributed by atoms with E-state index in [4.69, 9.17) is 27.6 Å². The van der Waals surface area contributed by atoms with E-state index in [0.717, 1.165) is 0 Å². The van der Waals surface area contributed by atoms with Crippen LogP contribution in [0, 0.1) is 5.82 Å². The van der Waals surface area contributed by atoms with Gasteiger partial charge < -0.3 is 14.4 Å². The minimum atomic E-state index is -0.940. The Kier molecular flexibility index (Phi) is 5.37. The molecule has 1 N–H and O–H groups in total. The number of aliphatic hydroxyl groups is 1. The molecule has 3 aromatic rings. The van der Waals surface area contributed by atoms with E-state index in [2.05, 4.69) is 0 Å². The minimum absolute atomic E-state index is 0.00221.